The molecule has 1 atom stereocenters. The number of benzene rings is 2. The second kappa shape index (κ2) is 5.62. The zero-order valence-corrected chi connectivity index (χ0v) is 13.2. The molecule has 20 heavy (non-hydrogen) atoms. The summed E-state index contributed by atoms with van der Waals surface area (Å²) in [7, 11) is 0. The van der Waals surface area contributed by atoms with Gasteiger partial charge in [0.2, 0.25) is 0 Å². The molecule has 2 N–H and O–H groups in total. The summed E-state index contributed by atoms with van der Waals surface area (Å²) in [6, 6.07) is 5.55. The van der Waals surface area contributed by atoms with Crippen LogP contribution in [0.3, 0.4) is 0 Å². The van der Waals surface area contributed by atoms with Gasteiger partial charge in [-0.25, -0.2) is 8.78 Å². The highest BCUT2D eigenvalue weighted by Crippen LogP contribution is 2.30. The largest absolute Gasteiger partial charge is 0.320 e. The van der Waals surface area contributed by atoms with Gasteiger partial charge in [-0.15, -0.1) is 0 Å². The molecule has 0 aromatic heterocycles. The summed E-state index contributed by atoms with van der Waals surface area (Å²) < 4.78 is 29.1. The number of hydrogen-bond donors (Lipinski definition) is 1. The molecule has 106 valence electrons. The molecule has 0 heterocycles. The predicted octanol–water partition coefficient (Wildman–Crippen LogP) is 4.70. The predicted molar refractivity (Wildman–Crippen MR) is 80.7 cm³/mol. The van der Waals surface area contributed by atoms with Crippen molar-refractivity contribution in [3.05, 3.63) is 68.2 Å². The molecule has 4 heteroatoms. The van der Waals surface area contributed by atoms with E-state index in [0.717, 1.165) is 15.6 Å². The van der Waals surface area contributed by atoms with Crippen molar-refractivity contribution in [3.63, 3.8) is 0 Å². The van der Waals surface area contributed by atoms with E-state index in [1.165, 1.54) is 12.1 Å². The fourth-order valence-corrected chi connectivity index (χ4v) is 2.52. The van der Waals surface area contributed by atoms with E-state index in [9.17, 15) is 8.78 Å². The average molecular weight is 340 g/mol. The minimum Gasteiger partial charge on any atom is -0.320 e. The lowest BCUT2D eigenvalue weighted by atomic mass is 9.94. The maximum atomic E-state index is 14.1. The average Bonchev–Trinajstić information content (AvgIpc) is 2.40. The van der Waals surface area contributed by atoms with Gasteiger partial charge in [0.1, 0.15) is 11.6 Å². The highest BCUT2D eigenvalue weighted by Gasteiger charge is 2.20. The molecule has 0 saturated heterocycles. The molecule has 2 aromatic rings. The third-order valence-electron chi connectivity index (χ3n) is 3.45. The molecule has 0 spiro atoms. The van der Waals surface area contributed by atoms with Crippen molar-refractivity contribution in [2.24, 2.45) is 5.73 Å². The summed E-state index contributed by atoms with van der Waals surface area (Å²) in [5, 5.41) is 0. The van der Waals surface area contributed by atoms with Crippen LogP contribution in [0.15, 0.2) is 28.7 Å². The molecule has 2 aromatic carbocycles. The number of aryl methyl sites for hydroxylation is 3. The summed E-state index contributed by atoms with van der Waals surface area (Å²) in [4.78, 5) is 0. The Labute approximate surface area is 125 Å². The number of nitrogens with two attached hydrogens (primary N) is 1. The Bertz CT molecular complexity index is 645. The van der Waals surface area contributed by atoms with Crippen LogP contribution in [0, 0.1) is 32.4 Å². The van der Waals surface area contributed by atoms with E-state index in [1.807, 2.05) is 26.0 Å². The zero-order chi connectivity index (χ0) is 15.0. The fourth-order valence-electron chi connectivity index (χ4n) is 2.29. The molecule has 1 unspecified atom stereocenters. The number of hydrogen-bond acceptors (Lipinski definition) is 1. The van der Waals surface area contributed by atoms with Crippen LogP contribution in [-0.4, -0.2) is 0 Å². The van der Waals surface area contributed by atoms with E-state index in [1.54, 1.807) is 6.92 Å². The van der Waals surface area contributed by atoms with Crippen molar-refractivity contribution in [2.75, 3.05) is 0 Å². The first-order chi connectivity index (χ1) is 9.32. The maximum absolute atomic E-state index is 14.1. The molecule has 0 saturated carbocycles. The van der Waals surface area contributed by atoms with Gasteiger partial charge in [0.15, 0.2) is 0 Å². The van der Waals surface area contributed by atoms with Gasteiger partial charge in [-0.2, -0.15) is 0 Å². The fraction of sp³-hybridized carbons (Fsp3) is 0.250. The first-order valence-electron chi connectivity index (χ1n) is 6.29. The Kier molecular flexibility index (Phi) is 4.25. The van der Waals surface area contributed by atoms with E-state index in [4.69, 9.17) is 5.73 Å². The highest BCUT2D eigenvalue weighted by molar-refractivity contribution is 9.10. The lowest BCUT2D eigenvalue weighted by Gasteiger charge is -2.17. The monoisotopic (exact) mass is 339 g/mol. The van der Waals surface area contributed by atoms with Crippen LogP contribution in [0.1, 0.15) is 33.9 Å². The number of rotatable bonds is 2. The Hall–Kier alpha value is -1.26. The first-order valence-corrected chi connectivity index (χ1v) is 7.09. The molecule has 0 aliphatic carbocycles. The van der Waals surface area contributed by atoms with Crippen molar-refractivity contribution in [1.29, 1.82) is 0 Å². The Morgan fingerprint density at radius 2 is 1.55 bits per heavy atom. The van der Waals surface area contributed by atoms with Gasteiger partial charge in [0.25, 0.3) is 0 Å². The topological polar surface area (TPSA) is 26.0 Å². The van der Waals surface area contributed by atoms with E-state index >= 15 is 0 Å². The second-order valence-electron chi connectivity index (χ2n) is 5.04. The quantitative estimate of drug-likeness (QED) is 0.843. The van der Waals surface area contributed by atoms with Gasteiger partial charge in [-0.1, -0.05) is 34.1 Å². The molecular formula is C16H16BrF2N. The molecular weight excluding hydrogens is 324 g/mol. The summed E-state index contributed by atoms with van der Waals surface area (Å²) >= 11 is 3.47. The second-order valence-corrected chi connectivity index (χ2v) is 5.83. The Morgan fingerprint density at radius 1 is 1.00 bits per heavy atom. The van der Waals surface area contributed by atoms with Crippen molar-refractivity contribution < 1.29 is 8.78 Å². The van der Waals surface area contributed by atoms with Gasteiger partial charge >= 0.3 is 0 Å². The van der Waals surface area contributed by atoms with Crippen molar-refractivity contribution in [3.8, 4) is 0 Å². The highest BCUT2D eigenvalue weighted by atomic mass is 79.9. The van der Waals surface area contributed by atoms with E-state index in [0.29, 0.717) is 11.1 Å². The summed E-state index contributed by atoms with van der Waals surface area (Å²) in [6.07, 6.45) is 0. The minimum absolute atomic E-state index is 0.0777. The maximum Gasteiger partial charge on any atom is 0.134 e. The van der Waals surface area contributed by atoms with Gasteiger partial charge < -0.3 is 5.73 Å². The van der Waals surface area contributed by atoms with Crippen LogP contribution in [0.5, 0.6) is 0 Å². The lowest BCUT2D eigenvalue weighted by Crippen LogP contribution is -2.17. The van der Waals surface area contributed by atoms with E-state index in [2.05, 4.69) is 15.9 Å². The third kappa shape index (κ3) is 2.63. The first kappa shape index (κ1) is 15.1. The van der Waals surface area contributed by atoms with Crippen LogP contribution in [0.4, 0.5) is 8.78 Å². The van der Waals surface area contributed by atoms with E-state index < -0.39 is 17.7 Å². The van der Waals surface area contributed by atoms with Gasteiger partial charge in [0.05, 0.1) is 6.04 Å². The summed E-state index contributed by atoms with van der Waals surface area (Å²) in [5.41, 5.74) is 9.07. The molecule has 0 aliphatic rings. The van der Waals surface area contributed by atoms with Gasteiger partial charge in [0, 0.05) is 10.0 Å². The van der Waals surface area contributed by atoms with Gasteiger partial charge in [-0.05, 0) is 49.1 Å². The molecule has 0 amide bonds. The molecule has 1 nitrogen and oxygen atoms in total. The van der Waals surface area contributed by atoms with Gasteiger partial charge in [-0.3, -0.25) is 0 Å². The minimum atomic E-state index is -0.819. The van der Waals surface area contributed by atoms with E-state index in [-0.39, 0.29) is 5.56 Å². The normalized spacial score (nSPS) is 12.6. The van der Waals surface area contributed by atoms with Crippen LogP contribution in [-0.2, 0) is 0 Å². The van der Waals surface area contributed by atoms with Crippen LogP contribution < -0.4 is 5.73 Å². The SMILES string of the molecule is Cc1ccc(F)c(C(N)c2cc(C)c(Br)c(C)c2)c1F. The van der Waals surface area contributed by atoms with Crippen LogP contribution in [0.2, 0.25) is 0 Å². The standard InChI is InChI=1S/C16H16BrF2N/c1-8-4-5-12(18)13(15(8)19)16(20)11-6-9(2)14(17)10(3)7-11/h4-7,16H,20H2,1-3H3. The molecule has 0 bridgehead atoms. The zero-order valence-electron chi connectivity index (χ0n) is 11.6. The van der Waals surface area contributed by atoms with Crippen LogP contribution >= 0.6 is 15.9 Å². The Morgan fingerprint density at radius 3 is 2.10 bits per heavy atom. The summed E-state index contributed by atoms with van der Waals surface area (Å²) in [6.45, 7) is 5.45. The number of halogens is 3. The third-order valence-corrected chi connectivity index (χ3v) is 4.70. The molecule has 2 rings (SSSR count). The lowest BCUT2D eigenvalue weighted by molar-refractivity contribution is 0.538. The smallest absolute Gasteiger partial charge is 0.134 e. The van der Waals surface area contributed by atoms with Crippen LogP contribution in [0.25, 0.3) is 0 Å². The van der Waals surface area contributed by atoms with Crippen molar-refractivity contribution in [1.82, 2.24) is 0 Å². The Balaban J connectivity index is 2.57. The molecule has 0 fully saturated rings. The molecule has 0 aliphatic heterocycles. The van der Waals surface area contributed by atoms with Crippen molar-refractivity contribution >= 4 is 15.9 Å². The summed E-state index contributed by atoms with van der Waals surface area (Å²) in [5.74, 6) is -1.19. The molecule has 0 radical (unpaired) electrons. The van der Waals surface area contributed by atoms with Crippen molar-refractivity contribution in [2.45, 2.75) is 26.8 Å².